The van der Waals surface area contributed by atoms with Crippen LogP contribution in [-0.4, -0.2) is 36.5 Å². The Balaban J connectivity index is 1.76. The number of benzene rings is 2. The first-order valence-corrected chi connectivity index (χ1v) is 8.89. The number of hydrogen-bond donors (Lipinski definition) is 0. The smallest absolute Gasteiger partial charge is 0.259 e. The van der Waals surface area contributed by atoms with Gasteiger partial charge in [-0.15, -0.1) is 0 Å². The highest BCUT2D eigenvalue weighted by Gasteiger charge is 2.58. The summed E-state index contributed by atoms with van der Waals surface area (Å²) in [5.74, 6) is -1.45. The van der Waals surface area contributed by atoms with Gasteiger partial charge in [-0.05, 0) is 43.3 Å². The number of rotatable bonds is 4. The number of ketones is 1. The zero-order chi connectivity index (χ0) is 20.0. The topological polar surface area (TPSA) is 79.3 Å². The molecule has 2 amide bonds. The van der Waals surface area contributed by atoms with Gasteiger partial charge >= 0.3 is 0 Å². The summed E-state index contributed by atoms with van der Waals surface area (Å²) in [5, 5.41) is 5.83. The second-order valence-corrected chi connectivity index (χ2v) is 6.85. The van der Waals surface area contributed by atoms with Gasteiger partial charge in [-0.25, -0.2) is 4.90 Å². The summed E-state index contributed by atoms with van der Waals surface area (Å²) >= 11 is 0. The lowest BCUT2D eigenvalue weighted by Gasteiger charge is -2.22. The van der Waals surface area contributed by atoms with Crippen molar-refractivity contribution in [2.24, 2.45) is 11.0 Å². The maximum absolute atomic E-state index is 13.2. The van der Waals surface area contributed by atoms with Crippen molar-refractivity contribution < 1.29 is 19.1 Å². The van der Waals surface area contributed by atoms with Gasteiger partial charge in [0.15, 0.2) is 5.78 Å². The van der Waals surface area contributed by atoms with E-state index in [1.807, 2.05) is 31.2 Å². The normalized spacial score (nSPS) is 21.0. The molecule has 0 spiro atoms. The molecule has 4 rings (SSSR count). The van der Waals surface area contributed by atoms with E-state index in [-0.39, 0.29) is 11.5 Å². The molecule has 2 aromatic carbocycles. The van der Waals surface area contributed by atoms with Crippen LogP contribution in [-0.2, 0) is 14.4 Å². The van der Waals surface area contributed by atoms with Crippen LogP contribution in [0, 0.1) is 12.8 Å². The first-order chi connectivity index (χ1) is 13.4. The van der Waals surface area contributed by atoms with Gasteiger partial charge in [0.1, 0.15) is 23.4 Å². The van der Waals surface area contributed by atoms with Crippen LogP contribution in [0.25, 0.3) is 0 Å². The van der Waals surface area contributed by atoms with Gasteiger partial charge < -0.3 is 4.74 Å². The summed E-state index contributed by atoms with van der Waals surface area (Å²) < 4.78 is 5.13. The molecule has 2 aliphatic heterocycles. The summed E-state index contributed by atoms with van der Waals surface area (Å²) in [6.45, 7) is 3.32. The number of hydrogen-bond acceptors (Lipinski definition) is 6. The Labute approximate surface area is 162 Å². The zero-order valence-corrected chi connectivity index (χ0v) is 15.7. The number of nitrogens with zero attached hydrogens (tertiary/aromatic N) is 3. The molecule has 2 aliphatic rings. The average Bonchev–Trinajstić information content (AvgIpc) is 3.20. The third kappa shape index (κ3) is 2.67. The van der Waals surface area contributed by atoms with Gasteiger partial charge in [-0.2, -0.15) is 5.10 Å². The number of hydrazone groups is 1. The van der Waals surface area contributed by atoms with Crippen LogP contribution in [0.4, 0.5) is 11.4 Å². The molecule has 7 heteroatoms. The lowest BCUT2D eigenvalue weighted by Crippen LogP contribution is -2.39. The average molecular weight is 377 g/mol. The number of Topliss-reactive ketones (excluding diaryl/α,β-unsaturated/α-hetero) is 1. The molecule has 2 heterocycles. The molecular formula is C21H19N3O4. The van der Waals surface area contributed by atoms with E-state index in [0.29, 0.717) is 17.1 Å². The first-order valence-electron chi connectivity index (χ1n) is 8.89. The van der Waals surface area contributed by atoms with E-state index in [1.165, 1.54) is 11.9 Å². The number of imide groups is 1. The number of amides is 2. The van der Waals surface area contributed by atoms with Crippen molar-refractivity contribution in [1.29, 1.82) is 0 Å². The van der Waals surface area contributed by atoms with Crippen molar-refractivity contribution in [2.75, 3.05) is 17.0 Å². The second kappa shape index (κ2) is 6.60. The molecular weight excluding hydrogens is 358 g/mol. The van der Waals surface area contributed by atoms with E-state index in [0.717, 1.165) is 10.5 Å². The molecule has 2 aromatic rings. The Hall–Kier alpha value is -3.48. The standard InChI is InChI=1S/C21H19N3O4/c1-12-4-6-15(7-5-12)24-19-17(18(22-24)13(2)25)20(26)23(21(19)27)14-8-10-16(28-3)11-9-14/h4-11,17,19H,1-3H3/t17-,19+/m1/s1. The number of anilines is 2. The van der Waals surface area contributed by atoms with Crippen molar-refractivity contribution in [2.45, 2.75) is 19.9 Å². The lowest BCUT2D eigenvalue weighted by atomic mass is 9.95. The van der Waals surface area contributed by atoms with Crippen molar-refractivity contribution in [3.8, 4) is 5.75 Å². The van der Waals surface area contributed by atoms with Gasteiger partial charge in [0, 0.05) is 6.92 Å². The summed E-state index contributed by atoms with van der Waals surface area (Å²) in [5.41, 5.74) is 2.27. The molecule has 0 unspecified atom stereocenters. The van der Waals surface area contributed by atoms with Crippen LogP contribution in [0.1, 0.15) is 12.5 Å². The Morgan fingerprint density at radius 1 is 0.964 bits per heavy atom. The van der Waals surface area contributed by atoms with Crippen LogP contribution < -0.4 is 14.6 Å². The highest BCUT2D eigenvalue weighted by molar-refractivity contribution is 6.48. The minimum atomic E-state index is -0.909. The minimum Gasteiger partial charge on any atom is -0.497 e. The van der Waals surface area contributed by atoms with Crippen LogP contribution >= 0.6 is 0 Å². The van der Waals surface area contributed by atoms with E-state index >= 15 is 0 Å². The van der Waals surface area contributed by atoms with Gasteiger partial charge in [0.05, 0.1) is 18.5 Å². The molecule has 0 bridgehead atoms. The van der Waals surface area contributed by atoms with Crippen LogP contribution in [0.2, 0.25) is 0 Å². The summed E-state index contributed by atoms with van der Waals surface area (Å²) in [4.78, 5) is 39.6. The molecule has 28 heavy (non-hydrogen) atoms. The molecule has 1 saturated heterocycles. The van der Waals surface area contributed by atoms with E-state index in [2.05, 4.69) is 5.10 Å². The molecule has 2 atom stereocenters. The molecule has 1 fully saturated rings. The van der Waals surface area contributed by atoms with E-state index in [1.54, 1.807) is 31.4 Å². The maximum Gasteiger partial charge on any atom is 0.259 e. The van der Waals surface area contributed by atoms with Gasteiger partial charge in [0.25, 0.3) is 5.91 Å². The Bertz CT molecular complexity index is 995. The highest BCUT2D eigenvalue weighted by atomic mass is 16.5. The Kier molecular flexibility index (Phi) is 4.22. The number of ether oxygens (including phenoxy) is 1. The maximum atomic E-state index is 13.2. The fourth-order valence-electron chi connectivity index (χ4n) is 3.60. The second-order valence-electron chi connectivity index (χ2n) is 6.85. The van der Waals surface area contributed by atoms with Gasteiger partial charge in [-0.3, -0.25) is 19.4 Å². The van der Waals surface area contributed by atoms with E-state index in [4.69, 9.17) is 4.74 Å². The van der Waals surface area contributed by atoms with Crippen molar-refractivity contribution >= 4 is 34.7 Å². The van der Waals surface area contributed by atoms with Crippen LogP contribution in [0.5, 0.6) is 5.75 Å². The Morgan fingerprint density at radius 3 is 2.14 bits per heavy atom. The first kappa shape index (κ1) is 17.9. The fourth-order valence-corrected chi connectivity index (χ4v) is 3.60. The molecule has 7 nitrogen and oxygen atoms in total. The number of carbonyl (C=O) groups excluding carboxylic acids is 3. The minimum absolute atomic E-state index is 0.111. The predicted molar refractivity (Wildman–Crippen MR) is 105 cm³/mol. The quantitative estimate of drug-likeness (QED) is 0.764. The molecule has 142 valence electrons. The third-order valence-corrected chi connectivity index (χ3v) is 5.04. The van der Waals surface area contributed by atoms with Gasteiger partial charge in [-0.1, -0.05) is 17.7 Å². The number of fused-ring (bicyclic) bond motifs is 1. The van der Waals surface area contributed by atoms with Gasteiger partial charge in [0.2, 0.25) is 5.91 Å². The summed E-state index contributed by atoms with van der Waals surface area (Å²) in [7, 11) is 1.54. The molecule has 0 radical (unpaired) electrons. The number of aryl methyl sites for hydroxylation is 1. The number of methoxy groups -OCH3 is 1. The SMILES string of the molecule is COc1ccc(N2C(=O)[C@@H]3C(C(C)=O)=NN(c4ccc(C)cc4)[C@@H]3C2=O)cc1. The van der Waals surface area contributed by atoms with Crippen LogP contribution in [0.3, 0.4) is 0 Å². The molecule has 0 aliphatic carbocycles. The van der Waals surface area contributed by atoms with Crippen molar-refractivity contribution in [3.05, 3.63) is 54.1 Å². The lowest BCUT2D eigenvalue weighted by molar-refractivity contribution is -0.122. The predicted octanol–water partition coefficient (Wildman–Crippen LogP) is 2.33. The zero-order valence-electron chi connectivity index (χ0n) is 15.7. The fraction of sp³-hybridized carbons (Fsp3) is 0.238. The molecule has 0 saturated carbocycles. The largest absolute Gasteiger partial charge is 0.497 e. The summed E-state index contributed by atoms with van der Waals surface area (Å²) in [6, 6.07) is 13.2. The van der Waals surface area contributed by atoms with Crippen molar-refractivity contribution in [1.82, 2.24) is 0 Å². The van der Waals surface area contributed by atoms with E-state index in [9.17, 15) is 14.4 Å². The van der Waals surface area contributed by atoms with E-state index < -0.39 is 23.8 Å². The Morgan fingerprint density at radius 2 is 1.57 bits per heavy atom. The number of carbonyl (C=O) groups is 3. The third-order valence-electron chi connectivity index (χ3n) is 5.04. The van der Waals surface area contributed by atoms with Crippen LogP contribution in [0.15, 0.2) is 53.6 Å². The summed E-state index contributed by atoms with van der Waals surface area (Å²) in [6.07, 6.45) is 0. The molecule has 0 aromatic heterocycles. The van der Waals surface area contributed by atoms with Crippen molar-refractivity contribution in [3.63, 3.8) is 0 Å². The highest BCUT2D eigenvalue weighted by Crippen LogP contribution is 2.38. The molecule has 0 N–H and O–H groups in total. The monoisotopic (exact) mass is 377 g/mol.